The minimum Gasteiger partial charge on any atom is -0.360 e. The largest absolute Gasteiger partial charge is 0.360 e. The first kappa shape index (κ1) is 15.7. The molecule has 0 unspecified atom stereocenters. The summed E-state index contributed by atoms with van der Waals surface area (Å²) in [7, 11) is 0. The van der Waals surface area contributed by atoms with Crippen LogP contribution in [0.2, 0.25) is 0 Å². The third kappa shape index (κ3) is 3.57. The van der Waals surface area contributed by atoms with E-state index in [1.54, 1.807) is 19.1 Å². The Morgan fingerprint density at radius 2 is 2.00 bits per heavy atom. The maximum absolute atomic E-state index is 12.2. The molecule has 3 rings (SSSR count). The Balaban J connectivity index is 1.77. The summed E-state index contributed by atoms with van der Waals surface area (Å²) in [5, 5.41) is 9.58. The van der Waals surface area contributed by atoms with E-state index in [0.29, 0.717) is 17.4 Å². The molecule has 0 fully saturated rings. The summed E-state index contributed by atoms with van der Waals surface area (Å²) in [6.07, 6.45) is 2.24. The van der Waals surface area contributed by atoms with Crippen LogP contribution in [0, 0.1) is 6.92 Å². The molecule has 0 saturated heterocycles. The number of carbonyl (C=O) groups excluding carboxylic acids is 1. The molecule has 24 heavy (non-hydrogen) atoms. The van der Waals surface area contributed by atoms with Gasteiger partial charge in [-0.05, 0) is 25.0 Å². The number of para-hydroxylation sites is 1. The quantitative estimate of drug-likeness (QED) is 0.748. The van der Waals surface area contributed by atoms with Gasteiger partial charge in [-0.1, -0.05) is 30.3 Å². The lowest BCUT2D eigenvalue weighted by atomic mass is 10.1. The molecule has 0 saturated carbocycles. The van der Waals surface area contributed by atoms with Crippen molar-refractivity contribution >= 4 is 23.2 Å². The molecule has 0 aliphatic heterocycles. The molecule has 0 radical (unpaired) electrons. The minimum absolute atomic E-state index is 0.238. The molecule has 0 aliphatic rings. The fourth-order valence-corrected chi connectivity index (χ4v) is 2.24. The van der Waals surface area contributed by atoms with E-state index in [9.17, 15) is 4.79 Å². The Labute approximate surface area is 139 Å². The van der Waals surface area contributed by atoms with Crippen LogP contribution in [0.5, 0.6) is 0 Å². The lowest BCUT2D eigenvalue weighted by Gasteiger charge is -2.10. The zero-order chi connectivity index (χ0) is 16.9. The average molecular weight is 323 g/mol. The summed E-state index contributed by atoms with van der Waals surface area (Å²) < 4.78 is 4.92. The van der Waals surface area contributed by atoms with Crippen LogP contribution >= 0.6 is 0 Å². The molecule has 0 bridgehead atoms. The molecule has 0 spiro atoms. The van der Waals surface area contributed by atoms with E-state index in [2.05, 4.69) is 32.7 Å². The third-order valence-electron chi connectivity index (χ3n) is 3.43. The van der Waals surface area contributed by atoms with Crippen molar-refractivity contribution in [2.45, 2.75) is 20.3 Å². The van der Waals surface area contributed by atoms with Gasteiger partial charge < -0.3 is 15.2 Å². The van der Waals surface area contributed by atoms with Gasteiger partial charge in [0.1, 0.15) is 23.6 Å². The summed E-state index contributed by atoms with van der Waals surface area (Å²) in [6, 6.07) is 11.2. The van der Waals surface area contributed by atoms with E-state index in [4.69, 9.17) is 4.52 Å². The van der Waals surface area contributed by atoms with Crippen molar-refractivity contribution in [2.75, 3.05) is 10.6 Å². The average Bonchev–Trinajstić information content (AvgIpc) is 3.00. The molecule has 2 aromatic heterocycles. The molecule has 122 valence electrons. The van der Waals surface area contributed by atoms with Gasteiger partial charge in [-0.15, -0.1) is 0 Å². The highest BCUT2D eigenvalue weighted by Crippen LogP contribution is 2.20. The molecule has 1 amide bonds. The molecule has 7 heteroatoms. The van der Waals surface area contributed by atoms with Crippen molar-refractivity contribution < 1.29 is 9.32 Å². The highest BCUT2D eigenvalue weighted by atomic mass is 16.5. The van der Waals surface area contributed by atoms with Gasteiger partial charge in [0.15, 0.2) is 5.82 Å². The lowest BCUT2D eigenvalue weighted by Crippen LogP contribution is -2.14. The van der Waals surface area contributed by atoms with Gasteiger partial charge in [-0.3, -0.25) is 4.79 Å². The number of anilines is 3. The van der Waals surface area contributed by atoms with Crippen LogP contribution in [0.15, 0.2) is 47.2 Å². The van der Waals surface area contributed by atoms with Crippen LogP contribution in [0.4, 0.5) is 17.3 Å². The molecular weight excluding hydrogens is 306 g/mol. The molecule has 0 atom stereocenters. The molecule has 2 heterocycles. The topological polar surface area (TPSA) is 92.9 Å². The second-order valence-electron chi connectivity index (χ2n) is 5.20. The van der Waals surface area contributed by atoms with Crippen LogP contribution in [0.1, 0.15) is 28.7 Å². The lowest BCUT2D eigenvalue weighted by molar-refractivity contribution is 0.102. The maximum atomic E-state index is 12.2. The number of aromatic nitrogens is 3. The summed E-state index contributed by atoms with van der Waals surface area (Å²) >= 11 is 0. The Morgan fingerprint density at radius 1 is 1.17 bits per heavy atom. The summed E-state index contributed by atoms with van der Waals surface area (Å²) in [5.41, 5.74) is 2.36. The highest BCUT2D eigenvalue weighted by molar-refractivity contribution is 6.02. The van der Waals surface area contributed by atoms with E-state index in [1.165, 1.54) is 11.9 Å². The van der Waals surface area contributed by atoms with Crippen molar-refractivity contribution in [1.29, 1.82) is 0 Å². The number of hydrogen-bond donors (Lipinski definition) is 2. The van der Waals surface area contributed by atoms with Gasteiger partial charge in [-0.25, -0.2) is 9.97 Å². The predicted molar refractivity (Wildman–Crippen MR) is 90.3 cm³/mol. The van der Waals surface area contributed by atoms with Crippen molar-refractivity contribution in [3.05, 3.63) is 59.7 Å². The fourth-order valence-electron chi connectivity index (χ4n) is 2.24. The second-order valence-corrected chi connectivity index (χ2v) is 5.20. The van der Waals surface area contributed by atoms with E-state index < -0.39 is 0 Å². The number of rotatable bonds is 5. The highest BCUT2D eigenvalue weighted by Gasteiger charge is 2.12. The molecular formula is C17H17N5O2. The summed E-state index contributed by atoms with van der Waals surface area (Å²) in [5.74, 6) is 1.14. The number of hydrogen-bond acceptors (Lipinski definition) is 6. The Hall–Kier alpha value is -3.22. The molecule has 0 aliphatic carbocycles. The van der Waals surface area contributed by atoms with Crippen LogP contribution < -0.4 is 10.6 Å². The molecule has 1 aromatic carbocycles. The maximum Gasteiger partial charge on any atom is 0.275 e. The third-order valence-corrected chi connectivity index (χ3v) is 3.43. The van der Waals surface area contributed by atoms with Gasteiger partial charge >= 0.3 is 0 Å². The van der Waals surface area contributed by atoms with E-state index in [0.717, 1.165) is 12.1 Å². The van der Waals surface area contributed by atoms with Gasteiger partial charge in [0.25, 0.3) is 5.91 Å². The first-order valence-corrected chi connectivity index (χ1v) is 7.57. The molecule has 7 nitrogen and oxygen atoms in total. The van der Waals surface area contributed by atoms with E-state index >= 15 is 0 Å². The van der Waals surface area contributed by atoms with Crippen LogP contribution in [0.3, 0.4) is 0 Å². The van der Waals surface area contributed by atoms with Crippen LogP contribution in [-0.2, 0) is 6.42 Å². The van der Waals surface area contributed by atoms with Crippen molar-refractivity contribution in [2.24, 2.45) is 0 Å². The minimum atomic E-state index is -0.377. The van der Waals surface area contributed by atoms with Crippen LogP contribution in [0.25, 0.3) is 0 Å². The first-order chi connectivity index (χ1) is 11.7. The van der Waals surface area contributed by atoms with E-state index in [-0.39, 0.29) is 11.6 Å². The zero-order valence-electron chi connectivity index (χ0n) is 13.4. The predicted octanol–water partition coefficient (Wildman–Crippen LogP) is 3.33. The standard InChI is InChI=1S/C17H17N5O2/c1-3-12-6-4-5-7-13(12)20-15-9-14(18-10-19-15)17(23)21-16-8-11(2)24-22-16/h4-10H,3H2,1-2H3,(H,18,19,20)(H,21,22,23). The summed E-state index contributed by atoms with van der Waals surface area (Å²) in [6.45, 7) is 3.83. The number of carbonyl (C=O) groups is 1. The Bertz CT molecular complexity index is 859. The van der Waals surface area contributed by atoms with Crippen molar-refractivity contribution in [1.82, 2.24) is 15.1 Å². The van der Waals surface area contributed by atoms with Gasteiger partial charge in [0.2, 0.25) is 0 Å². The van der Waals surface area contributed by atoms with Crippen LogP contribution in [-0.4, -0.2) is 21.0 Å². The van der Waals surface area contributed by atoms with Crippen molar-refractivity contribution in [3.63, 3.8) is 0 Å². The van der Waals surface area contributed by atoms with Gasteiger partial charge in [0.05, 0.1) is 0 Å². The molecule has 2 N–H and O–H groups in total. The fraction of sp³-hybridized carbons (Fsp3) is 0.176. The Kier molecular flexibility index (Phi) is 4.51. The van der Waals surface area contributed by atoms with E-state index in [1.807, 2.05) is 24.3 Å². The SMILES string of the molecule is CCc1ccccc1Nc1cc(C(=O)Nc2cc(C)on2)ncn1. The second kappa shape index (κ2) is 6.91. The zero-order valence-corrected chi connectivity index (χ0v) is 13.4. The Morgan fingerprint density at radius 3 is 2.75 bits per heavy atom. The first-order valence-electron chi connectivity index (χ1n) is 7.57. The number of amides is 1. The number of aryl methyl sites for hydroxylation is 2. The van der Waals surface area contributed by atoms with Gasteiger partial charge in [0, 0.05) is 17.8 Å². The summed E-state index contributed by atoms with van der Waals surface area (Å²) in [4.78, 5) is 20.4. The van der Waals surface area contributed by atoms with Gasteiger partial charge in [-0.2, -0.15) is 0 Å². The smallest absolute Gasteiger partial charge is 0.275 e. The number of benzene rings is 1. The van der Waals surface area contributed by atoms with Crippen molar-refractivity contribution in [3.8, 4) is 0 Å². The monoisotopic (exact) mass is 323 g/mol. The normalized spacial score (nSPS) is 10.4. The number of nitrogens with zero attached hydrogens (tertiary/aromatic N) is 3. The number of nitrogens with one attached hydrogen (secondary N) is 2. The molecule has 3 aromatic rings.